The van der Waals surface area contributed by atoms with Crippen molar-refractivity contribution < 1.29 is 9.90 Å². The summed E-state index contributed by atoms with van der Waals surface area (Å²) in [6, 6.07) is 10.9. The molecule has 1 aromatic heterocycles. The first-order chi connectivity index (χ1) is 12.1. The number of carbonyl (C=O) groups is 1. The Morgan fingerprint density at radius 3 is 2.60 bits per heavy atom. The summed E-state index contributed by atoms with van der Waals surface area (Å²) in [6.45, 7) is 2.07. The van der Waals surface area contributed by atoms with Crippen molar-refractivity contribution in [2.75, 3.05) is 6.61 Å². The third kappa shape index (κ3) is 3.82. The molecule has 5 heteroatoms. The number of aryl methyl sites for hydroxylation is 1. The maximum Gasteiger partial charge on any atom is 0.259 e. The molecule has 2 aromatic rings. The Labute approximate surface area is 147 Å². The highest BCUT2D eigenvalue weighted by atomic mass is 16.3. The van der Waals surface area contributed by atoms with Crippen LogP contribution < -0.4 is 5.43 Å². The van der Waals surface area contributed by atoms with Gasteiger partial charge in [-0.15, -0.1) is 0 Å². The molecule has 0 radical (unpaired) electrons. The summed E-state index contributed by atoms with van der Waals surface area (Å²) < 4.78 is 0. The number of hydrogen-bond donors (Lipinski definition) is 2. The van der Waals surface area contributed by atoms with Crippen LogP contribution in [-0.2, 0) is 6.54 Å². The van der Waals surface area contributed by atoms with Gasteiger partial charge < -0.3 is 15.0 Å². The quantitative estimate of drug-likeness (QED) is 0.848. The van der Waals surface area contributed by atoms with Gasteiger partial charge in [0.25, 0.3) is 5.91 Å². The van der Waals surface area contributed by atoms with Crippen molar-refractivity contribution in [1.29, 1.82) is 0 Å². The summed E-state index contributed by atoms with van der Waals surface area (Å²) in [7, 11) is 0. The second-order valence-corrected chi connectivity index (χ2v) is 6.75. The van der Waals surface area contributed by atoms with Crippen molar-refractivity contribution in [2.45, 2.75) is 38.8 Å². The Balaban J connectivity index is 1.94. The van der Waals surface area contributed by atoms with Gasteiger partial charge in [-0.2, -0.15) is 0 Å². The summed E-state index contributed by atoms with van der Waals surface area (Å²) in [6.07, 6.45) is 4.62. The molecule has 1 fully saturated rings. The molecule has 132 valence electrons. The highest BCUT2D eigenvalue weighted by Gasteiger charge is 2.35. The first-order valence-electron chi connectivity index (χ1n) is 8.75. The van der Waals surface area contributed by atoms with E-state index >= 15 is 0 Å². The lowest BCUT2D eigenvalue weighted by Gasteiger charge is -2.40. The van der Waals surface area contributed by atoms with Crippen molar-refractivity contribution in [3.63, 3.8) is 0 Å². The van der Waals surface area contributed by atoms with Crippen molar-refractivity contribution in [3.05, 3.63) is 69.6 Å². The lowest BCUT2D eigenvalue weighted by atomic mass is 9.79. The molecule has 0 bridgehead atoms. The summed E-state index contributed by atoms with van der Waals surface area (Å²) >= 11 is 0. The molecule has 3 rings (SSSR count). The molecule has 5 nitrogen and oxygen atoms in total. The average Bonchev–Trinajstić information content (AvgIpc) is 2.56. The lowest BCUT2D eigenvalue weighted by molar-refractivity contribution is 0.0312. The van der Waals surface area contributed by atoms with Crippen molar-refractivity contribution in [2.24, 2.45) is 5.92 Å². The van der Waals surface area contributed by atoms with Crippen LogP contribution in [0.1, 0.15) is 40.9 Å². The molecule has 1 saturated carbocycles. The summed E-state index contributed by atoms with van der Waals surface area (Å²) in [4.78, 5) is 30.0. The number of amides is 1. The Morgan fingerprint density at radius 2 is 2.04 bits per heavy atom. The minimum atomic E-state index is -0.323. The Hall–Kier alpha value is -2.40. The van der Waals surface area contributed by atoms with Gasteiger partial charge in [-0.25, -0.2) is 0 Å². The number of aromatic nitrogens is 1. The standard InChI is InChI=1S/C20H24N2O3/c1-14-10-19(24)17(11-21-14)20(25)22(12-15-6-3-2-4-7-15)18(13-23)16-8-5-9-16/h2-4,6-7,10-11,16,18,23H,5,8-9,12-13H2,1H3,(H,21,24). The number of benzene rings is 1. The molecule has 25 heavy (non-hydrogen) atoms. The summed E-state index contributed by atoms with van der Waals surface area (Å²) in [5.74, 6) is -0.0294. The van der Waals surface area contributed by atoms with Crippen LogP contribution in [0.15, 0.2) is 47.4 Å². The second-order valence-electron chi connectivity index (χ2n) is 6.75. The molecule has 1 amide bonds. The van der Waals surface area contributed by atoms with Gasteiger partial charge in [-0.3, -0.25) is 9.59 Å². The fourth-order valence-corrected chi connectivity index (χ4v) is 3.34. The van der Waals surface area contributed by atoms with E-state index in [0.29, 0.717) is 18.2 Å². The summed E-state index contributed by atoms with van der Waals surface area (Å²) in [5, 5.41) is 9.94. The molecule has 1 aliphatic carbocycles. The maximum atomic E-state index is 13.1. The molecule has 0 aliphatic heterocycles. The third-order valence-electron chi connectivity index (χ3n) is 5.03. The molecule has 1 heterocycles. The van der Waals surface area contributed by atoms with Gasteiger partial charge in [0.15, 0.2) is 5.43 Å². The van der Waals surface area contributed by atoms with E-state index in [-0.39, 0.29) is 29.5 Å². The smallest absolute Gasteiger partial charge is 0.259 e. The predicted octanol–water partition coefficient (Wildman–Crippen LogP) is 2.49. The zero-order valence-electron chi connectivity index (χ0n) is 14.4. The number of aromatic amines is 1. The second kappa shape index (κ2) is 7.66. The van der Waals surface area contributed by atoms with Crippen LogP contribution in [0.25, 0.3) is 0 Å². The molecule has 2 N–H and O–H groups in total. The third-order valence-corrected chi connectivity index (χ3v) is 5.03. The van der Waals surface area contributed by atoms with Gasteiger partial charge in [0.2, 0.25) is 0 Å². The first kappa shape index (κ1) is 17.4. The van der Waals surface area contributed by atoms with E-state index in [0.717, 1.165) is 24.8 Å². The van der Waals surface area contributed by atoms with Crippen LogP contribution in [0.4, 0.5) is 0 Å². The van der Waals surface area contributed by atoms with E-state index in [1.54, 1.807) is 11.8 Å². The molecule has 1 aromatic carbocycles. The SMILES string of the molecule is Cc1cc(=O)c(C(=O)N(Cc2ccccc2)C(CO)C2CCC2)c[nH]1. The maximum absolute atomic E-state index is 13.1. The van der Waals surface area contributed by atoms with E-state index in [1.807, 2.05) is 30.3 Å². The Morgan fingerprint density at radius 1 is 1.32 bits per heavy atom. The Kier molecular flexibility index (Phi) is 5.34. The fourth-order valence-electron chi connectivity index (χ4n) is 3.34. The lowest BCUT2D eigenvalue weighted by Crippen LogP contribution is -2.49. The Bertz CT molecular complexity index is 781. The molecular formula is C20H24N2O3. The fraction of sp³-hybridized carbons (Fsp3) is 0.400. The normalized spacial score (nSPS) is 15.4. The topological polar surface area (TPSA) is 73.4 Å². The van der Waals surface area contributed by atoms with Gasteiger partial charge in [-0.1, -0.05) is 36.8 Å². The average molecular weight is 340 g/mol. The first-order valence-corrected chi connectivity index (χ1v) is 8.75. The molecular weight excluding hydrogens is 316 g/mol. The van der Waals surface area contributed by atoms with Crippen LogP contribution in [0, 0.1) is 12.8 Å². The minimum Gasteiger partial charge on any atom is -0.394 e. The van der Waals surface area contributed by atoms with Crippen LogP contribution in [0.5, 0.6) is 0 Å². The van der Waals surface area contributed by atoms with Crippen molar-refractivity contribution >= 4 is 5.91 Å². The number of rotatable bonds is 6. The highest BCUT2D eigenvalue weighted by Crippen LogP contribution is 2.33. The zero-order valence-corrected chi connectivity index (χ0v) is 14.4. The van der Waals surface area contributed by atoms with Crippen LogP contribution in [0.2, 0.25) is 0 Å². The molecule has 1 aliphatic rings. The predicted molar refractivity (Wildman–Crippen MR) is 96.3 cm³/mol. The van der Waals surface area contributed by atoms with Crippen molar-refractivity contribution in [1.82, 2.24) is 9.88 Å². The van der Waals surface area contributed by atoms with Gasteiger partial charge in [0, 0.05) is 24.5 Å². The summed E-state index contributed by atoms with van der Waals surface area (Å²) in [5.41, 5.74) is 1.54. The number of nitrogens with zero attached hydrogens (tertiary/aromatic N) is 1. The van der Waals surface area contributed by atoms with E-state index < -0.39 is 0 Å². The van der Waals surface area contributed by atoms with Crippen LogP contribution >= 0.6 is 0 Å². The molecule has 1 unspecified atom stereocenters. The van der Waals surface area contributed by atoms with E-state index in [4.69, 9.17) is 0 Å². The van der Waals surface area contributed by atoms with E-state index in [2.05, 4.69) is 4.98 Å². The van der Waals surface area contributed by atoms with Gasteiger partial charge in [-0.05, 0) is 31.2 Å². The van der Waals surface area contributed by atoms with Gasteiger partial charge >= 0.3 is 0 Å². The minimum absolute atomic E-state index is 0.0903. The highest BCUT2D eigenvalue weighted by molar-refractivity contribution is 5.94. The van der Waals surface area contributed by atoms with Crippen LogP contribution in [-0.4, -0.2) is 33.5 Å². The molecule has 0 spiro atoms. The van der Waals surface area contributed by atoms with Crippen LogP contribution in [0.3, 0.4) is 0 Å². The number of aliphatic hydroxyl groups excluding tert-OH is 1. The number of pyridine rings is 1. The van der Waals surface area contributed by atoms with E-state index in [1.165, 1.54) is 12.3 Å². The van der Waals surface area contributed by atoms with Gasteiger partial charge in [0.1, 0.15) is 5.56 Å². The molecule has 0 saturated heterocycles. The largest absolute Gasteiger partial charge is 0.394 e. The van der Waals surface area contributed by atoms with E-state index in [9.17, 15) is 14.7 Å². The number of aliphatic hydroxyl groups is 1. The monoisotopic (exact) mass is 340 g/mol. The van der Waals surface area contributed by atoms with Crippen molar-refractivity contribution in [3.8, 4) is 0 Å². The number of carbonyl (C=O) groups excluding carboxylic acids is 1. The number of H-pyrrole nitrogens is 1. The number of nitrogens with one attached hydrogen (secondary N) is 1. The number of hydrogen-bond acceptors (Lipinski definition) is 3. The van der Waals surface area contributed by atoms with Gasteiger partial charge in [0.05, 0.1) is 12.6 Å². The molecule has 1 atom stereocenters. The zero-order chi connectivity index (χ0) is 17.8.